The van der Waals surface area contributed by atoms with Crippen LogP contribution < -0.4 is 5.32 Å². The Morgan fingerprint density at radius 2 is 2.38 bits per heavy atom. The molecule has 3 nitrogen and oxygen atoms in total. The van der Waals surface area contributed by atoms with E-state index in [1.54, 1.807) is 26.2 Å². The standard InChI is InChI=1S/C9H12BrNO2/c1-9(2,10)8(12)11-6-7-4-3-5-13-7/h3-5H,6H2,1-2H3,(H,11,12). The van der Waals surface area contributed by atoms with Crippen molar-refractivity contribution in [1.29, 1.82) is 0 Å². The van der Waals surface area contributed by atoms with Crippen LogP contribution in [0, 0.1) is 0 Å². The van der Waals surface area contributed by atoms with Crippen LogP contribution in [0.2, 0.25) is 0 Å². The fraction of sp³-hybridized carbons (Fsp3) is 0.444. The van der Waals surface area contributed by atoms with E-state index in [-0.39, 0.29) is 5.91 Å². The Hall–Kier alpha value is -0.770. The van der Waals surface area contributed by atoms with Gasteiger partial charge in [0.1, 0.15) is 5.76 Å². The van der Waals surface area contributed by atoms with Crippen molar-refractivity contribution in [3.8, 4) is 0 Å². The number of carbonyl (C=O) groups is 1. The first-order chi connectivity index (χ1) is 6.00. The van der Waals surface area contributed by atoms with Crippen LogP contribution in [0.15, 0.2) is 22.8 Å². The lowest BCUT2D eigenvalue weighted by Gasteiger charge is -2.14. The predicted molar refractivity (Wildman–Crippen MR) is 53.6 cm³/mol. The van der Waals surface area contributed by atoms with Crippen LogP contribution in [0.4, 0.5) is 0 Å². The number of amides is 1. The Bertz CT molecular complexity index is 274. The molecule has 0 unspecified atom stereocenters. The molecule has 0 radical (unpaired) electrons. The third-order valence-corrected chi connectivity index (χ3v) is 1.90. The van der Waals surface area contributed by atoms with E-state index in [0.29, 0.717) is 6.54 Å². The van der Waals surface area contributed by atoms with Crippen LogP contribution in [-0.4, -0.2) is 10.2 Å². The van der Waals surface area contributed by atoms with Crippen molar-refractivity contribution in [3.63, 3.8) is 0 Å². The van der Waals surface area contributed by atoms with E-state index in [1.165, 1.54) is 0 Å². The fourth-order valence-electron chi connectivity index (χ4n) is 0.791. The molecule has 0 aliphatic heterocycles. The number of hydrogen-bond acceptors (Lipinski definition) is 2. The second kappa shape index (κ2) is 3.96. The van der Waals surface area contributed by atoms with E-state index in [0.717, 1.165) is 5.76 Å². The van der Waals surface area contributed by atoms with Crippen LogP contribution in [-0.2, 0) is 11.3 Å². The second-order valence-corrected chi connectivity index (χ2v) is 5.22. The van der Waals surface area contributed by atoms with Crippen LogP contribution in [0.3, 0.4) is 0 Å². The van der Waals surface area contributed by atoms with Crippen molar-refractivity contribution in [2.75, 3.05) is 0 Å². The van der Waals surface area contributed by atoms with Gasteiger partial charge in [-0.3, -0.25) is 4.79 Å². The Balaban J connectivity index is 2.40. The average molecular weight is 246 g/mol. The summed E-state index contributed by atoms with van der Waals surface area (Å²) in [6.07, 6.45) is 1.58. The quantitative estimate of drug-likeness (QED) is 0.829. The van der Waals surface area contributed by atoms with Crippen molar-refractivity contribution in [2.45, 2.75) is 24.7 Å². The van der Waals surface area contributed by atoms with Gasteiger partial charge in [0.05, 0.1) is 17.1 Å². The van der Waals surface area contributed by atoms with E-state index in [1.807, 2.05) is 6.07 Å². The lowest BCUT2D eigenvalue weighted by molar-refractivity contribution is -0.122. The fourth-order valence-corrected chi connectivity index (χ4v) is 0.931. The summed E-state index contributed by atoms with van der Waals surface area (Å²) in [6.45, 7) is 4.02. The van der Waals surface area contributed by atoms with E-state index in [2.05, 4.69) is 21.2 Å². The molecular formula is C9H12BrNO2. The SMILES string of the molecule is CC(C)(Br)C(=O)NCc1ccco1. The summed E-state index contributed by atoms with van der Waals surface area (Å²) in [5.74, 6) is 0.703. The predicted octanol–water partition coefficient (Wildman–Crippen LogP) is 2.07. The minimum absolute atomic E-state index is 0.0519. The molecule has 0 bridgehead atoms. The Kier molecular flexibility index (Phi) is 3.14. The zero-order valence-corrected chi connectivity index (χ0v) is 9.22. The minimum Gasteiger partial charge on any atom is -0.467 e. The highest BCUT2D eigenvalue weighted by atomic mass is 79.9. The van der Waals surface area contributed by atoms with Crippen LogP contribution in [0.25, 0.3) is 0 Å². The van der Waals surface area contributed by atoms with Crippen LogP contribution in [0.5, 0.6) is 0 Å². The Labute approximate surface area is 85.6 Å². The Morgan fingerprint density at radius 3 is 2.85 bits per heavy atom. The largest absolute Gasteiger partial charge is 0.467 e. The summed E-state index contributed by atoms with van der Waals surface area (Å²) >= 11 is 3.27. The van der Waals surface area contributed by atoms with E-state index in [9.17, 15) is 4.79 Å². The summed E-state index contributed by atoms with van der Waals surface area (Å²) in [4.78, 5) is 11.4. The molecule has 72 valence electrons. The van der Waals surface area contributed by atoms with Crippen molar-refractivity contribution in [2.24, 2.45) is 0 Å². The first-order valence-corrected chi connectivity index (χ1v) is 4.79. The number of furan rings is 1. The molecular weight excluding hydrogens is 234 g/mol. The van der Waals surface area contributed by atoms with Crippen molar-refractivity contribution < 1.29 is 9.21 Å². The zero-order chi connectivity index (χ0) is 9.90. The van der Waals surface area contributed by atoms with Gasteiger partial charge in [0.2, 0.25) is 5.91 Å². The summed E-state index contributed by atoms with van der Waals surface area (Å²) in [6, 6.07) is 3.61. The highest BCUT2D eigenvalue weighted by molar-refractivity contribution is 9.10. The molecule has 0 fully saturated rings. The topological polar surface area (TPSA) is 42.2 Å². The molecule has 0 aromatic carbocycles. The maximum absolute atomic E-state index is 11.4. The van der Waals surface area contributed by atoms with Crippen molar-refractivity contribution >= 4 is 21.8 Å². The molecule has 13 heavy (non-hydrogen) atoms. The van der Waals surface area contributed by atoms with Gasteiger partial charge in [-0.2, -0.15) is 0 Å². The number of hydrogen-bond donors (Lipinski definition) is 1. The van der Waals surface area contributed by atoms with Gasteiger partial charge in [0.25, 0.3) is 0 Å². The minimum atomic E-state index is -0.528. The molecule has 0 spiro atoms. The third kappa shape index (κ3) is 3.22. The number of carbonyl (C=O) groups excluding carboxylic acids is 1. The third-order valence-electron chi connectivity index (χ3n) is 1.54. The molecule has 1 N–H and O–H groups in total. The number of rotatable bonds is 3. The smallest absolute Gasteiger partial charge is 0.236 e. The molecule has 1 rings (SSSR count). The molecule has 0 saturated carbocycles. The van der Waals surface area contributed by atoms with Gasteiger partial charge in [-0.15, -0.1) is 0 Å². The maximum atomic E-state index is 11.4. The molecule has 1 amide bonds. The first-order valence-electron chi connectivity index (χ1n) is 4.00. The highest BCUT2D eigenvalue weighted by Crippen LogP contribution is 2.15. The molecule has 1 heterocycles. The first kappa shape index (κ1) is 10.3. The van der Waals surface area contributed by atoms with Gasteiger partial charge in [0.15, 0.2) is 0 Å². The van der Waals surface area contributed by atoms with Crippen molar-refractivity contribution in [3.05, 3.63) is 24.2 Å². The lowest BCUT2D eigenvalue weighted by Crippen LogP contribution is -2.36. The summed E-state index contributed by atoms with van der Waals surface area (Å²) in [7, 11) is 0. The molecule has 0 aliphatic rings. The molecule has 1 aromatic heterocycles. The van der Waals surface area contributed by atoms with Gasteiger partial charge >= 0.3 is 0 Å². The molecule has 0 aliphatic carbocycles. The second-order valence-electron chi connectivity index (χ2n) is 3.23. The highest BCUT2D eigenvalue weighted by Gasteiger charge is 2.22. The molecule has 0 saturated heterocycles. The van der Waals surface area contributed by atoms with E-state index < -0.39 is 4.32 Å². The van der Waals surface area contributed by atoms with Gasteiger partial charge in [-0.1, -0.05) is 15.9 Å². The maximum Gasteiger partial charge on any atom is 0.236 e. The molecule has 0 atom stereocenters. The number of halogens is 1. The van der Waals surface area contributed by atoms with Gasteiger partial charge < -0.3 is 9.73 Å². The van der Waals surface area contributed by atoms with Crippen molar-refractivity contribution in [1.82, 2.24) is 5.32 Å². The zero-order valence-electron chi connectivity index (χ0n) is 7.63. The lowest BCUT2D eigenvalue weighted by atomic mass is 10.2. The van der Waals surface area contributed by atoms with E-state index in [4.69, 9.17) is 4.42 Å². The number of nitrogens with one attached hydrogen (secondary N) is 1. The van der Waals surface area contributed by atoms with Gasteiger partial charge in [-0.25, -0.2) is 0 Å². The molecule has 1 aromatic rings. The van der Waals surface area contributed by atoms with Gasteiger partial charge in [0, 0.05) is 0 Å². The normalized spacial score (nSPS) is 11.3. The monoisotopic (exact) mass is 245 g/mol. The average Bonchev–Trinajstić information content (AvgIpc) is 2.50. The van der Waals surface area contributed by atoms with Crippen LogP contribution >= 0.6 is 15.9 Å². The Morgan fingerprint density at radius 1 is 1.69 bits per heavy atom. The molecule has 4 heteroatoms. The van der Waals surface area contributed by atoms with Gasteiger partial charge in [-0.05, 0) is 26.0 Å². The van der Waals surface area contributed by atoms with Crippen LogP contribution in [0.1, 0.15) is 19.6 Å². The summed E-state index contributed by atoms with van der Waals surface area (Å²) in [5.41, 5.74) is 0. The summed E-state index contributed by atoms with van der Waals surface area (Å²) in [5, 5.41) is 2.75. The van der Waals surface area contributed by atoms with E-state index >= 15 is 0 Å². The summed E-state index contributed by atoms with van der Waals surface area (Å²) < 4.78 is 4.54. The number of alkyl halides is 1.